The van der Waals surface area contributed by atoms with Gasteiger partial charge in [-0.25, -0.2) is 0 Å². The molecule has 62 heavy (non-hydrogen) atoms. The molecule has 9 atom stereocenters. The Kier molecular flexibility index (Phi) is 21.1. The Labute approximate surface area is 381 Å². The Balaban J connectivity index is 0.977. The number of nitrogens with one attached hydrogen (secondary N) is 2. The topological polar surface area (TPSA) is 147 Å². The molecular formula is C50H89N3O8S. The van der Waals surface area contributed by atoms with Crippen molar-refractivity contribution in [1.29, 1.82) is 0 Å². The number of carbonyl (C=O) groups excluding carboxylic acids is 3. The van der Waals surface area contributed by atoms with Crippen molar-refractivity contribution in [1.82, 2.24) is 10.6 Å². The summed E-state index contributed by atoms with van der Waals surface area (Å²) in [6, 6.07) is -0.522. The third-order valence-corrected chi connectivity index (χ3v) is 17.0. The van der Waals surface area contributed by atoms with Crippen LogP contribution >= 0.6 is 11.8 Å². The predicted molar refractivity (Wildman–Crippen MR) is 251 cm³/mol. The number of rotatable bonds is 28. The van der Waals surface area contributed by atoms with E-state index in [4.69, 9.17) is 29.4 Å². The highest BCUT2D eigenvalue weighted by Gasteiger charge is 2.59. The zero-order chi connectivity index (χ0) is 45.6. The monoisotopic (exact) mass is 892 g/mol. The zero-order valence-electron chi connectivity index (χ0n) is 40.7. The Morgan fingerprint density at radius 2 is 1.48 bits per heavy atom. The third kappa shape index (κ3) is 15.2. The van der Waals surface area contributed by atoms with E-state index in [1.807, 2.05) is 13.8 Å². The highest BCUT2D eigenvalue weighted by Crippen LogP contribution is 2.67. The second kappa shape index (κ2) is 24.7. The lowest BCUT2D eigenvalue weighted by molar-refractivity contribution is -0.153. The summed E-state index contributed by atoms with van der Waals surface area (Å²) < 4.78 is 28.4. The number of hydrogen-bond donors (Lipinski definition) is 3. The van der Waals surface area contributed by atoms with Crippen molar-refractivity contribution in [2.24, 2.45) is 57.5 Å². The van der Waals surface area contributed by atoms with Crippen LogP contribution in [0.15, 0.2) is 11.6 Å². The molecular weight excluding hydrogens is 803 g/mol. The molecule has 11 nitrogen and oxygen atoms in total. The van der Waals surface area contributed by atoms with Crippen molar-refractivity contribution < 1.29 is 38.1 Å². The first-order chi connectivity index (χ1) is 29.3. The van der Waals surface area contributed by atoms with Crippen molar-refractivity contribution in [2.75, 3.05) is 70.9 Å². The number of allylic oxidation sites excluding steroid dienone is 1. The van der Waals surface area contributed by atoms with Gasteiger partial charge >= 0.3 is 5.97 Å². The number of fused-ring (bicyclic) bond motifs is 5. The minimum atomic E-state index is -0.522. The first kappa shape index (κ1) is 52.9. The first-order valence-electron chi connectivity index (χ1n) is 24.4. The summed E-state index contributed by atoms with van der Waals surface area (Å²) in [5, 5.41) is 6.18. The van der Waals surface area contributed by atoms with Crippen LogP contribution in [-0.4, -0.2) is 106 Å². The lowest BCUT2D eigenvalue weighted by Gasteiger charge is -2.58. The molecule has 0 spiro atoms. The van der Waals surface area contributed by atoms with Gasteiger partial charge in [-0.3, -0.25) is 19.7 Å². The number of nitrogens with two attached hydrogens (primary N) is 1. The average molecular weight is 892 g/mol. The van der Waals surface area contributed by atoms with Crippen molar-refractivity contribution in [3.8, 4) is 0 Å². The maximum atomic E-state index is 12.8. The SMILES string of the molecule is CC(C)CCC[C@@H](C)[C@H]1CC[C@H]2[C@@H]3CC=C4CC(OC(=O)CCOCCOCCOCCOCCNC(=O)CSC[C@H](NC(C)(C)C(C)(C)C)C(N)=O)CC[C@]4(C)[C@H]3CC[C@]12C. The van der Waals surface area contributed by atoms with E-state index < -0.39 is 11.9 Å². The molecule has 0 heterocycles. The van der Waals surface area contributed by atoms with Gasteiger partial charge in [-0.1, -0.05) is 86.3 Å². The molecule has 4 N–H and O–H groups in total. The Bertz CT molecular complexity index is 1430. The van der Waals surface area contributed by atoms with Crippen LogP contribution in [0.5, 0.6) is 0 Å². The normalized spacial score (nSPS) is 28.4. The van der Waals surface area contributed by atoms with Gasteiger partial charge in [-0.15, -0.1) is 11.8 Å². The van der Waals surface area contributed by atoms with E-state index in [9.17, 15) is 14.4 Å². The molecule has 358 valence electrons. The number of ether oxygens (including phenoxy) is 5. The molecule has 4 aliphatic rings. The highest BCUT2D eigenvalue weighted by molar-refractivity contribution is 8.00. The Morgan fingerprint density at radius 1 is 0.839 bits per heavy atom. The summed E-state index contributed by atoms with van der Waals surface area (Å²) in [7, 11) is 0. The summed E-state index contributed by atoms with van der Waals surface area (Å²) in [5.74, 6) is 4.91. The molecule has 1 unspecified atom stereocenters. The van der Waals surface area contributed by atoms with Crippen LogP contribution in [0.1, 0.15) is 146 Å². The molecule has 4 aliphatic carbocycles. The fourth-order valence-electron chi connectivity index (χ4n) is 11.3. The van der Waals surface area contributed by atoms with Gasteiger partial charge in [-0.2, -0.15) is 0 Å². The maximum absolute atomic E-state index is 12.8. The largest absolute Gasteiger partial charge is 0.462 e. The molecule has 0 bridgehead atoms. The summed E-state index contributed by atoms with van der Waals surface area (Å²) in [6.45, 7) is 26.6. The van der Waals surface area contributed by atoms with Crippen LogP contribution in [0.3, 0.4) is 0 Å². The van der Waals surface area contributed by atoms with Crippen molar-refractivity contribution in [3.05, 3.63) is 11.6 Å². The van der Waals surface area contributed by atoms with Crippen LogP contribution in [0.2, 0.25) is 0 Å². The molecule has 0 aliphatic heterocycles. The Hall–Kier alpha value is -1.70. The summed E-state index contributed by atoms with van der Waals surface area (Å²) in [4.78, 5) is 37.0. The molecule has 0 aromatic rings. The second-order valence-corrected chi connectivity index (χ2v) is 22.7. The quantitative estimate of drug-likeness (QED) is 0.0397. The van der Waals surface area contributed by atoms with E-state index in [-0.39, 0.29) is 46.5 Å². The van der Waals surface area contributed by atoms with Gasteiger partial charge in [0, 0.05) is 24.3 Å². The molecule has 4 rings (SSSR count). The minimum absolute atomic E-state index is 0.0246. The standard InChI is InChI=1S/C50H89N3O8S/c1-35(2)12-11-13-36(3)40-16-17-41-39-15-14-37-32-38(18-21-49(37,9)42(39)19-22-50(40,41)10)61-45(55)20-24-57-26-28-59-30-31-60-29-27-58-25-23-52-44(54)34-62-33-43(46(51)56)53-48(7,8)47(4,5)6/h14,35-36,38-43,53H,11-13,15-34H2,1-10H3,(H2,51,56)(H,52,54)/t36-,38?,39+,40-,41+,42+,43+,49+,50-/m1/s1. The molecule has 2 amide bonds. The molecule has 0 aromatic heterocycles. The van der Waals surface area contributed by atoms with Crippen LogP contribution in [-0.2, 0) is 38.1 Å². The highest BCUT2D eigenvalue weighted by atomic mass is 32.2. The van der Waals surface area contributed by atoms with E-state index in [1.165, 1.54) is 63.1 Å². The predicted octanol–water partition coefficient (Wildman–Crippen LogP) is 8.51. The van der Waals surface area contributed by atoms with Crippen LogP contribution < -0.4 is 16.4 Å². The molecule has 0 radical (unpaired) electrons. The number of primary amides is 1. The van der Waals surface area contributed by atoms with E-state index in [0.717, 1.165) is 54.8 Å². The third-order valence-electron chi connectivity index (χ3n) is 16.0. The Morgan fingerprint density at radius 3 is 2.11 bits per heavy atom. The van der Waals surface area contributed by atoms with Gasteiger partial charge in [0.1, 0.15) is 6.10 Å². The smallest absolute Gasteiger partial charge is 0.308 e. The van der Waals surface area contributed by atoms with Gasteiger partial charge < -0.3 is 34.7 Å². The summed E-state index contributed by atoms with van der Waals surface area (Å²) in [6.07, 6.45) is 16.7. The molecule has 12 heteroatoms. The molecule has 3 saturated carbocycles. The number of esters is 1. The number of hydrogen-bond acceptors (Lipinski definition) is 10. The fourth-order valence-corrected chi connectivity index (χ4v) is 12.2. The fraction of sp³-hybridized carbons (Fsp3) is 0.900. The van der Waals surface area contributed by atoms with Crippen LogP contribution in [0.25, 0.3) is 0 Å². The molecule has 3 fully saturated rings. The molecule has 0 saturated heterocycles. The maximum Gasteiger partial charge on any atom is 0.308 e. The van der Waals surface area contributed by atoms with E-state index in [0.29, 0.717) is 70.6 Å². The minimum Gasteiger partial charge on any atom is -0.462 e. The number of amides is 2. The summed E-state index contributed by atoms with van der Waals surface area (Å²) in [5.41, 5.74) is 7.54. The second-order valence-electron chi connectivity index (χ2n) is 21.7. The zero-order valence-corrected chi connectivity index (χ0v) is 41.5. The number of carbonyl (C=O) groups is 3. The van der Waals surface area contributed by atoms with Crippen molar-refractivity contribution in [2.45, 2.75) is 164 Å². The van der Waals surface area contributed by atoms with E-state index in [2.05, 4.69) is 72.1 Å². The lowest BCUT2D eigenvalue weighted by Crippen LogP contribution is -2.58. The summed E-state index contributed by atoms with van der Waals surface area (Å²) >= 11 is 1.37. The number of thioether (sulfide) groups is 1. The van der Waals surface area contributed by atoms with Crippen LogP contribution in [0, 0.1) is 51.8 Å². The van der Waals surface area contributed by atoms with Gasteiger partial charge in [0.2, 0.25) is 11.8 Å². The van der Waals surface area contributed by atoms with Gasteiger partial charge in [-0.05, 0) is 111 Å². The average Bonchev–Trinajstić information content (AvgIpc) is 3.55. The van der Waals surface area contributed by atoms with E-state index >= 15 is 0 Å². The van der Waals surface area contributed by atoms with Gasteiger partial charge in [0.25, 0.3) is 0 Å². The lowest BCUT2D eigenvalue weighted by atomic mass is 9.47. The van der Waals surface area contributed by atoms with Gasteiger partial charge in [0.05, 0.1) is 71.1 Å². The van der Waals surface area contributed by atoms with Crippen LogP contribution in [0.4, 0.5) is 0 Å². The first-order valence-corrected chi connectivity index (χ1v) is 25.6. The van der Waals surface area contributed by atoms with Crippen molar-refractivity contribution >= 4 is 29.5 Å². The van der Waals surface area contributed by atoms with Gasteiger partial charge in [0.15, 0.2) is 0 Å². The molecule has 0 aromatic carbocycles. The van der Waals surface area contributed by atoms with E-state index in [1.54, 1.807) is 5.57 Å². The van der Waals surface area contributed by atoms with Crippen molar-refractivity contribution in [3.63, 3.8) is 0 Å².